The normalized spacial score (nSPS) is 13.2. The molecule has 1 aromatic heterocycles. The molecule has 0 amide bonds. The van der Waals surface area contributed by atoms with Crippen molar-refractivity contribution in [1.29, 1.82) is 0 Å². The van der Waals surface area contributed by atoms with Gasteiger partial charge in [0, 0.05) is 38.9 Å². The third-order valence-electron chi connectivity index (χ3n) is 9.20. The fourth-order valence-corrected chi connectivity index (χ4v) is 7.05. The standard InChI is InChI=1S/C39H31BN2O2/c1-39(2)35-14-8-6-12-31(35)33-24-29(20-22-36(33)39)41(28-18-16-26(17-19-28)40(43)44)30-21-23-38-34(25-30)32-13-7-9-15-37(32)42(38)27-10-4-3-5-11-27/h3-25,43-44H,1-2H3. The molecular weight excluding hydrogens is 539 g/mol. The maximum Gasteiger partial charge on any atom is 0.488 e. The van der Waals surface area contributed by atoms with Crippen LogP contribution in [-0.4, -0.2) is 21.7 Å². The molecule has 212 valence electrons. The van der Waals surface area contributed by atoms with Crippen molar-refractivity contribution in [3.05, 3.63) is 151 Å². The van der Waals surface area contributed by atoms with Crippen molar-refractivity contribution in [3.63, 3.8) is 0 Å². The molecule has 1 aliphatic carbocycles. The van der Waals surface area contributed by atoms with E-state index in [2.05, 4.69) is 133 Å². The van der Waals surface area contributed by atoms with Crippen molar-refractivity contribution >= 4 is 51.4 Å². The molecule has 4 nitrogen and oxygen atoms in total. The molecule has 0 radical (unpaired) electrons. The van der Waals surface area contributed by atoms with E-state index >= 15 is 0 Å². The third-order valence-corrected chi connectivity index (χ3v) is 9.20. The molecule has 1 aliphatic rings. The highest BCUT2D eigenvalue weighted by atomic mass is 16.4. The molecule has 44 heavy (non-hydrogen) atoms. The van der Waals surface area contributed by atoms with Crippen LogP contribution < -0.4 is 10.4 Å². The van der Waals surface area contributed by atoms with Gasteiger partial charge >= 0.3 is 7.12 Å². The van der Waals surface area contributed by atoms with E-state index in [-0.39, 0.29) is 5.41 Å². The quantitative estimate of drug-likeness (QED) is 0.205. The van der Waals surface area contributed by atoms with E-state index in [0.29, 0.717) is 5.46 Å². The van der Waals surface area contributed by atoms with Crippen LogP contribution >= 0.6 is 0 Å². The molecule has 0 saturated heterocycles. The Morgan fingerprint density at radius 2 is 1.16 bits per heavy atom. The molecule has 6 aromatic carbocycles. The number of aromatic nitrogens is 1. The maximum absolute atomic E-state index is 9.79. The van der Waals surface area contributed by atoms with Crippen LogP contribution in [0, 0.1) is 0 Å². The number of nitrogens with zero attached hydrogens (tertiary/aromatic N) is 2. The zero-order valence-electron chi connectivity index (χ0n) is 24.6. The second-order valence-electron chi connectivity index (χ2n) is 12.1. The van der Waals surface area contributed by atoms with Crippen molar-refractivity contribution in [2.45, 2.75) is 19.3 Å². The van der Waals surface area contributed by atoms with E-state index in [9.17, 15) is 10.0 Å². The van der Waals surface area contributed by atoms with Crippen LogP contribution in [0.4, 0.5) is 17.1 Å². The van der Waals surface area contributed by atoms with Crippen molar-refractivity contribution in [1.82, 2.24) is 4.57 Å². The number of hydrogen-bond donors (Lipinski definition) is 2. The molecule has 0 saturated carbocycles. The van der Waals surface area contributed by atoms with Gasteiger partial charge in [0.25, 0.3) is 0 Å². The van der Waals surface area contributed by atoms with Crippen LogP contribution in [0.1, 0.15) is 25.0 Å². The fourth-order valence-electron chi connectivity index (χ4n) is 7.05. The Morgan fingerprint density at radius 3 is 1.95 bits per heavy atom. The molecule has 8 rings (SSSR count). The first-order valence-corrected chi connectivity index (χ1v) is 15.0. The van der Waals surface area contributed by atoms with Gasteiger partial charge in [0.2, 0.25) is 0 Å². The molecule has 1 heterocycles. The smallest absolute Gasteiger partial charge is 0.423 e. The summed E-state index contributed by atoms with van der Waals surface area (Å²) in [5.41, 5.74) is 12.0. The zero-order chi connectivity index (χ0) is 30.0. The number of para-hydroxylation sites is 2. The summed E-state index contributed by atoms with van der Waals surface area (Å²) in [6.45, 7) is 4.59. The van der Waals surface area contributed by atoms with Gasteiger partial charge in [-0.15, -0.1) is 0 Å². The van der Waals surface area contributed by atoms with Gasteiger partial charge in [-0.2, -0.15) is 0 Å². The molecule has 0 atom stereocenters. The van der Waals surface area contributed by atoms with Crippen LogP contribution in [0.3, 0.4) is 0 Å². The number of fused-ring (bicyclic) bond motifs is 6. The SMILES string of the molecule is CC1(C)c2ccccc2-c2cc(N(c3ccc(B(O)O)cc3)c3ccc4c(c3)c3ccccc3n4-c3ccccc3)ccc21. The Bertz CT molecular complexity index is 2180. The first-order chi connectivity index (χ1) is 21.4. The Kier molecular flexibility index (Phi) is 6.02. The van der Waals surface area contributed by atoms with Gasteiger partial charge < -0.3 is 19.5 Å². The largest absolute Gasteiger partial charge is 0.488 e. The highest BCUT2D eigenvalue weighted by Crippen LogP contribution is 2.50. The van der Waals surface area contributed by atoms with E-state index in [0.717, 1.165) is 33.8 Å². The zero-order valence-corrected chi connectivity index (χ0v) is 24.6. The van der Waals surface area contributed by atoms with Crippen molar-refractivity contribution < 1.29 is 10.0 Å². The molecule has 0 unspecified atom stereocenters. The van der Waals surface area contributed by atoms with Crippen LogP contribution in [0.25, 0.3) is 38.6 Å². The van der Waals surface area contributed by atoms with Crippen molar-refractivity contribution in [3.8, 4) is 16.8 Å². The second-order valence-corrected chi connectivity index (χ2v) is 12.1. The van der Waals surface area contributed by atoms with Gasteiger partial charge in [0.15, 0.2) is 0 Å². The lowest BCUT2D eigenvalue weighted by atomic mass is 9.80. The summed E-state index contributed by atoms with van der Waals surface area (Å²) in [6.07, 6.45) is 0. The first kappa shape index (κ1) is 26.5. The minimum Gasteiger partial charge on any atom is -0.423 e. The molecule has 5 heteroatoms. The van der Waals surface area contributed by atoms with Crippen molar-refractivity contribution in [2.75, 3.05) is 4.90 Å². The van der Waals surface area contributed by atoms with E-state index in [4.69, 9.17) is 0 Å². The second kappa shape index (κ2) is 9.98. The van der Waals surface area contributed by atoms with Gasteiger partial charge in [0.05, 0.1) is 11.0 Å². The summed E-state index contributed by atoms with van der Waals surface area (Å²) in [7, 11) is -1.52. The number of hydrogen-bond acceptors (Lipinski definition) is 3. The van der Waals surface area contributed by atoms with Crippen LogP contribution in [0.2, 0.25) is 0 Å². The summed E-state index contributed by atoms with van der Waals surface area (Å²) in [5, 5.41) is 21.9. The minimum atomic E-state index is -1.52. The molecule has 0 aliphatic heterocycles. The number of rotatable bonds is 5. The van der Waals surface area contributed by atoms with E-state index < -0.39 is 7.12 Å². The minimum absolute atomic E-state index is 0.0770. The van der Waals surface area contributed by atoms with Gasteiger partial charge in [-0.1, -0.05) is 92.7 Å². The fraction of sp³-hybridized carbons (Fsp3) is 0.0769. The summed E-state index contributed by atoms with van der Waals surface area (Å²) in [5.74, 6) is 0. The summed E-state index contributed by atoms with van der Waals surface area (Å²) >= 11 is 0. The average molecular weight is 571 g/mol. The van der Waals surface area contributed by atoms with Gasteiger partial charge in [-0.3, -0.25) is 0 Å². The predicted molar refractivity (Wildman–Crippen MR) is 183 cm³/mol. The number of anilines is 3. The highest BCUT2D eigenvalue weighted by Gasteiger charge is 2.35. The topological polar surface area (TPSA) is 48.6 Å². The Hall–Kier alpha value is -5.10. The predicted octanol–water partition coefficient (Wildman–Crippen LogP) is 8.24. The Labute approximate surface area is 257 Å². The molecule has 0 spiro atoms. The van der Waals surface area contributed by atoms with E-state index in [1.807, 2.05) is 18.2 Å². The summed E-state index contributed by atoms with van der Waals surface area (Å²) in [4.78, 5) is 2.26. The lowest BCUT2D eigenvalue weighted by Gasteiger charge is -2.27. The molecule has 2 N–H and O–H groups in total. The van der Waals surface area contributed by atoms with Gasteiger partial charge in [-0.25, -0.2) is 0 Å². The van der Waals surface area contributed by atoms with Crippen LogP contribution in [-0.2, 0) is 5.41 Å². The maximum atomic E-state index is 9.79. The first-order valence-electron chi connectivity index (χ1n) is 15.0. The molecule has 7 aromatic rings. The van der Waals surface area contributed by atoms with Crippen LogP contribution in [0.5, 0.6) is 0 Å². The molecular formula is C39H31BN2O2. The average Bonchev–Trinajstić information content (AvgIpc) is 3.50. The van der Waals surface area contributed by atoms with E-state index in [1.54, 1.807) is 12.1 Å². The lowest BCUT2D eigenvalue weighted by Crippen LogP contribution is -2.29. The Morgan fingerprint density at radius 1 is 0.545 bits per heavy atom. The summed E-state index contributed by atoms with van der Waals surface area (Å²) < 4.78 is 2.32. The summed E-state index contributed by atoms with van der Waals surface area (Å²) in [6, 6.07) is 48.7. The van der Waals surface area contributed by atoms with Crippen LogP contribution in [0.15, 0.2) is 140 Å². The van der Waals surface area contributed by atoms with E-state index in [1.165, 1.54) is 33.0 Å². The Balaban J connectivity index is 1.35. The number of benzene rings is 6. The third kappa shape index (κ3) is 4.01. The van der Waals surface area contributed by atoms with Crippen molar-refractivity contribution in [2.24, 2.45) is 0 Å². The monoisotopic (exact) mass is 570 g/mol. The molecule has 0 bridgehead atoms. The van der Waals surface area contributed by atoms with Gasteiger partial charge in [0.1, 0.15) is 0 Å². The van der Waals surface area contributed by atoms with Gasteiger partial charge in [-0.05, 0) is 88.4 Å². The lowest BCUT2D eigenvalue weighted by molar-refractivity contribution is 0.426. The highest BCUT2D eigenvalue weighted by molar-refractivity contribution is 6.58. The molecule has 0 fully saturated rings.